The zero-order chi connectivity index (χ0) is 27.6. The van der Waals surface area contributed by atoms with Crippen molar-refractivity contribution >= 4 is 22.5 Å². The lowest BCUT2D eigenvalue weighted by Gasteiger charge is -2.20. The second-order valence-corrected chi connectivity index (χ2v) is 9.15. The van der Waals surface area contributed by atoms with E-state index < -0.39 is 6.04 Å². The Bertz CT molecular complexity index is 2000. The molecule has 0 unspecified atom stereocenters. The van der Waals surface area contributed by atoms with Gasteiger partial charge in [0.25, 0.3) is 11.5 Å². The van der Waals surface area contributed by atoms with Gasteiger partial charge in [0, 0.05) is 24.2 Å². The van der Waals surface area contributed by atoms with E-state index in [2.05, 4.69) is 32.2 Å². The molecule has 4 heterocycles. The number of fused-ring (bicyclic) bond motifs is 2. The minimum Gasteiger partial charge on any atom is -0.342 e. The molecule has 2 aromatic carbocycles. The first-order valence-corrected chi connectivity index (χ1v) is 12.7. The number of para-hydroxylation sites is 1. The molecule has 0 aliphatic carbocycles. The smallest absolute Gasteiger partial charge is 0.267 e. The molecule has 0 fully saturated rings. The first-order chi connectivity index (χ1) is 19.5. The summed E-state index contributed by atoms with van der Waals surface area (Å²) in [4.78, 5) is 41.0. The predicted octanol–water partition coefficient (Wildman–Crippen LogP) is 4.02. The number of aryl methyl sites for hydroxylation is 1. The second kappa shape index (κ2) is 10.3. The largest absolute Gasteiger partial charge is 0.342 e. The van der Waals surface area contributed by atoms with Crippen LogP contribution in [0.5, 0.6) is 0 Å². The standard InChI is InChI=1S/C31H23N7O2/c1-20-26(29-33-18-9-19-37(29)36-20)30(39)34-21(2)28-35-25-14-8-10-22(15-16-23-11-6-7-17-32-23)27(25)31(40)38(28)24-12-4-3-5-13-24/h3-14,17-19,21H,1-2H3,(H,34,39)/t21-/m1/s1. The first kappa shape index (κ1) is 24.7. The van der Waals surface area contributed by atoms with Crippen LogP contribution in [0.3, 0.4) is 0 Å². The third kappa shape index (κ3) is 4.48. The average Bonchev–Trinajstić information content (AvgIpc) is 3.32. The van der Waals surface area contributed by atoms with Crippen LogP contribution in [-0.2, 0) is 0 Å². The van der Waals surface area contributed by atoms with Crippen molar-refractivity contribution in [1.82, 2.24) is 34.4 Å². The fourth-order valence-electron chi connectivity index (χ4n) is 4.63. The van der Waals surface area contributed by atoms with Gasteiger partial charge in [0.2, 0.25) is 0 Å². The van der Waals surface area contributed by atoms with Crippen molar-refractivity contribution in [2.75, 3.05) is 0 Å². The Morgan fingerprint density at radius 2 is 1.73 bits per heavy atom. The fourth-order valence-corrected chi connectivity index (χ4v) is 4.63. The van der Waals surface area contributed by atoms with Gasteiger partial charge in [-0.3, -0.25) is 14.2 Å². The van der Waals surface area contributed by atoms with Gasteiger partial charge in [-0.25, -0.2) is 19.5 Å². The van der Waals surface area contributed by atoms with Crippen LogP contribution in [0.15, 0.2) is 96.2 Å². The van der Waals surface area contributed by atoms with Crippen LogP contribution in [0.25, 0.3) is 22.2 Å². The van der Waals surface area contributed by atoms with E-state index in [1.165, 1.54) is 4.57 Å². The molecule has 0 radical (unpaired) electrons. The SMILES string of the molecule is Cc1nn2cccnc2c1C(=O)N[C@H](C)c1nc2cccc(C#Cc3ccccn3)c2c(=O)n1-c1ccccc1. The lowest BCUT2D eigenvalue weighted by atomic mass is 10.1. The third-order valence-corrected chi connectivity index (χ3v) is 6.46. The summed E-state index contributed by atoms with van der Waals surface area (Å²) in [5, 5.41) is 7.78. The molecule has 0 spiro atoms. The Balaban J connectivity index is 1.48. The van der Waals surface area contributed by atoms with Crippen molar-refractivity contribution in [3.05, 3.63) is 130 Å². The van der Waals surface area contributed by atoms with Crippen molar-refractivity contribution in [3.8, 4) is 17.5 Å². The van der Waals surface area contributed by atoms with Gasteiger partial charge >= 0.3 is 0 Å². The van der Waals surface area contributed by atoms with Gasteiger partial charge in [-0.2, -0.15) is 5.10 Å². The topological polar surface area (TPSA) is 107 Å². The molecule has 0 aliphatic rings. The molecular weight excluding hydrogens is 502 g/mol. The van der Waals surface area contributed by atoms with E-state index >= 15 is 0 Å². The molecule has 1 N–H and O–H groups in total. The molecule has 194 valence electrons. The Kier molecular flexibility index (Phi) is 6.34. The van der Waals surface area contributed by atoms with Gasteiger partial charge in [0.05, 0.1) is 28.3 Å². The van der Waals surface area contributed by atoms with E-state index in [0.29, 0.717) is 50.6 Å². The van der Waals surface area contributed by atoms with E-state index in [4.69, 9.17) is 4.98 Å². The monoisotopic (exact) mass is 525 g/mol. The zero-order valence-corrected chi connectivity index (χ0v) is 21.7. The van der Waals surface area contributed by atoms with Crippen molar-refractivity contribution in [3.63, 3.8) is 0 Å². The number of aromatic nitrogens is 6. The molecule has 40 heavy (non-hydrogen) atoms. The summed E-state index contributed by atoms with van der Waals surface area (Å²) in [5.41, 5.74) is 3.33. The van der Waals surface area contributed by atoms with Gasteiger partial charge in [0.1, 0.15) is 17.1 Å². The van der Waals surface area contributed by atoms with Crippen LogP contribution in [0.4, 0.5) is 0 Å². The Labute approximate surface area is 229 Å². The van der Waals surface area contributed by atoms with E-state index in [0.717, 1.165) is 0 Å². The second-order valence-electron chi connectivity index (χ2n) is 9.15. The Morgan fingerprint density at radius 1 is 0.925 bits per heavy atom. The van der Waals surface area contributed by atoms with Crippen LogP contribution >= 0.6 is 0 Å². The number of nitrogens with one attached hydrogen (secondary N) is 1. The van der Waals surface area contributed by atoms with E-state index in [1.807, 2.05) is 54.6 Å². The number of rotatable bonds is 4. The summed E-state index contributed by atoms with van der Waals surface area (Å²) in [6.45, 7) is 3.56. The minimum atomic E-state index is -0.633. The van der Waals surface area contributed by atoms with E-state index in [-0.39, 0.29) is 11.5 Å². The molecule has 6 rings (SSSR count). The summed E-state index contributed by atoms with van der Waals surface area (Å²) in [6, 6.07) is 21.2. The fraction of sp³-hybridized carbons (Fsp3) is 0.0968. The van der Waals surface area contributed by atoms with Crippen molar-refractivity contribution in [1.29, 1.82) is 0 Å². The van der Waals surface area contributed by atoms with Crippen LogP contribution in [0.1, 0.15) is 46.1 Å². The van der Waals surface area contributed by atoms with Crippen LogP contribution < -0.4 is 10.9 Å². The highest BCUT2D eigenvalue weighted by molar-refractivity contribution is 6.01. The number of nitrogens with zero attached hydrogens (tertiary/aromatic N) is 6. The number of amides is 1. The van der Waals surface area contributed by atoms with Crippen LogP contribution in [-0.4, -0.2) is 35.0 Å². The molecule has 9 nitrogen and oxygen atoms in total. The zero-order valence-electron chi connectivity index (χ0n) is 21.7. The van der Waals surface area contributed by atoms with Gasteiger partial charge in [-0.1, -0.05) is 36.3 Å². The van der Waals surface area contributed by atoms with Crippen LogP contribution in [0.2, 0.25) is 0 Å². The summed E-state index contributed by atoms with van der Waals surface area (Å²) >= 11 is 0. The summed E-state index contributed by atoms with van der Waals surface area (Å²) in [5.74, 6) is 6.15. The van der Waals surface area contributed by atoms with Gasteiger partial charge in [0.15, 0.2) is 5.65 Å². The Hall–Kier alpha value is -5.62. The highest BCUT2D eigenvalue weighted by Crippen LogP contribution is 2.21. The number of pyridine rings is 1. The molecule has 9 heteroatoms. The van der Waals surface area contributed by atoms with Gasteiger partial charge < -0.3 is 5.32 Å². The molecule has 0 saturated carbocycles. The molecular formula is C31H23N7O2. The maximum absolute atomic E-state index is 14.1. The molecule has 1 amide bonds. The lowest BCUT2D eigenvalue weighted by Crippen LogP contribution is -2.33. The van der Waals surface area contributed by atoms with Gasteiger partial charge in [-0.15, -0.1) is 0 Å². The van der Waals surface area contributed by atoms with Crippen molar-refractivity contribution in [2.24, 2.45) is 0 Å². The molecule has 0 aliphatic heterocycles. The number of hydrogen-bond donors (Lipinski definition) is 1. The summed E-state index contributed by atoms with van der Waals surface area (Å²) in [6.07, 6.45) is 5.02. The Morgan fingerprint density at radius 3 is 2.52 bits per heavy atom. The predicted molar refractivity (Wildman–Crippen MR) is 151 cm³/mol. The number of carbonyl (C=O) groups is 1. The number of benzene rings is 2. The summed E-state index contributed by atoms with van der Waals surface area (Å²) < 4.78 is 3.09. The maximum atomic E-state index is 14.1. The van der Waals surface area contributed by atoms with E-state index in [1.54, 1.807) is 55.2 Å². The molecule has 1 atom stereocenters. The van der Waals surface area contributed by atoms with Crippen LogP contribution in [0, 0.1) is 18.8 Å². The lowest BCUT2D eigenvalue weighted by molar-refractivity contribution is 0.0938. The minimum absolute atomic E-state index is 0.285. The third-order valence-electron chi connectivity index (χ3n) is 6.46. The summed E-state index contributed by atoms with van der Waals surface area (Å²) in [7, 11) is 0. The average molecular weight is 526 g/mol. The van der Waals surface area contributed by atoms with E-state index in [9.17, 15) is 9.59 Å². The highest BCUT2D eigenvalue weighted by atomic mass is 16.2. The number of hydrogen-bond acceptors (Lipinski definition) is 6. The van der Waals surface area contributed by atoms with Crippen molar-refractivity contribution in [2.45, 2.75) is 19.9 Å². The molecule has 0 saturated heterocycles. The molecule has 0 bridgehead atoms. The quantitative estimate of drug-likeness (QED) is 0.349. The van der Waals surface area contributed by atoms with Crippen molar-refractivity contribution < 1.29 is 4.79 Å². The maximum Gasteiger partial charge on any atom is 0.267 e. The first-order valence-electron chi connectivity index (χ1n) is 12.7. The molecule has 6 aromatic rings. The van der Waals surface area contributed by atoms with Gasteiger partial charge in [-0.05, 0) is 62.2 Å². The highest BCUT2D eigenvalue weighted by Gasteiger charge is 2.24. The normalized spacial score (nSPS) is 11.7. The molecule has 4 aromatic heterocycles. The number of carbonyl (C=O) groups excluding carboxylic acids is 1.